The van der Waals surface area contributed by atoms with Gasteiger partial charge in [0.1, 0.15) is 23.4 Å². The van der Waals surface area contributed by atoms with Gasteiger partial charge >= 0.3 is 12.1 Å². The zero-order chi connectivity index (χ0) is 17.1. The van der Waals surface area contributed by atoms with Crippen molar-refractivity contribution in [2.45, 2.75) is 32.4 Å². The number of esters is 1. The highest BCUT2D eigenvalue weighted by Gasteiger charge is 2.48. The number of amides is 3. The number of methoxy groups -OCH3 is 1. The Kier molecular flexibility index (Phi) is 5.76. The molecule has 0 aliphatic carbocycles. The first-order chi connectivity index (χ1) is 10.1. The molecule has 3 amide bonds. The largest absolute Gasteiger partial charge is 0.469 e. The summed E-state index contributed by atoms with van der Waals surface area (Å²) in [5.74, 6) is -3.48. The third kappa shape index (κ3) is 4.33. The van der Waals surface area contributed by atoms with Crippen molar-refractivity contribution in [2.75, 3.05) is 19.5 Å². The lowest BCUT2D eigenvalue weighted by Gasteiger charge is -2.22. The number of ether oxygens (including phenoxy) is 2. The highest BCUT2D eigenvalue weighted by atomic mass is 35.5. The van der Waals surface area contributed by atoms with Crippen molar-refractivity contribution in [1.29, 1.82) is 0 Å². The summed E-state index contributed by atoms with van der Waals surface area (Å²) in [7, 11) is 1.16. The van der Waals surface area contributed by atoms with E-state index < -0.39 is 47.3 Å². The van der Waals surface area contributed by atoms with Gasteiger partial charge in [0.15, 0.2) is 0 Å². The van der Waals surface area contributed by atoms with Crippen LogP contribution in [0.3, 0.4) is 0 Å². The van der Waals surface area contributed by atoms with Crippen molar-refractivity contribution in [3.63, 3.8) is 0 Å². The predicted octanol–water partition coefficient (Wildman–Crippen LogP) is 0.276. The molecule has 1 aliphatic heterocycles. The number of nitrogens with zero attached hydrogens (tertiary/aromatic N) is 1. The average Bonchev–Trinajstić information content (AvgIpc) is 2.72. The molecular formula is C13H19ClN2O6. The molecule has 0 aromatic carbocycles. The van der Waals surface area contributed by atoms with Gasteiger partial charge in [-0.15, -0.1) is 11.6 Å². The number of imide groups is 1. The van der Waals surface area contributed by atoms with Crippen LogP contribution in [0.2, 0.25) is 0 Å². The number of likely N-dealkylation sites (tertiary alicyclic amines) is 1. The maximum atomic E-state index is 12.2. The van der Waals surface area contributed by atoms with Crippen molar-refractivity contribution in [3.05, 3.63) is 0 Å². The van der Waals surface area contributed by atoms with Crippen LogP contribution in [0.4, 0.5) is 4.79 Å². The minimum atomic E-state index is -1.23. The number of carbonyl (C=O) groups excluding carboxylic acids is 4. The Bertz CT molecular complexity index is 487. The summed E-state index contributed by atoms with van der Waals surface area (Å²) >= 11 is 5.43. The fourth-order valence-electron chi connectivity index (χ4n) is 1.99. The maximum absolute atomic E-state index is 12.2. The molecule has 0 unspecified atom stereocenters. The Labute approximate surface area is 133 Å². The highest BCUT2D eigenvalue weighted by Crippen LogP contribution is 2.21. The van der Waals surface area contributed by atoms with E-state index in [9.17, 15) is 19.2 Å². The molecule has 0 radical (unpaired) electrons. The Morgan fingerprint density at radius 3 is 2.41 bits per heavy atom. The van der Waals surface area contributed by atoms with E-state index in [-0.39, 0.29) is 6.54 Å². The number of alkyl halides is 1. The monoisotopic (exact) mass is 334 g/mol. The highest BCUT2D eigenvalue weighted by molar-refractivity contribution is 6.28. The molecule has 22 heavy (non-hydrogen) atoms. The summed E-state index contributed by atoms with van der Waals surface area (Å²) in [4.78, 5) is 48.2. The van der Waals surface area contributed by atoms with Gasteiger partial charge in [-0.2, -0.15) is 0 Å². The van der Waals surface area contributed by atoms with E-state index in [4.69, 9.17) is 16.3 Å². The van der Waals surface area contributed by atoms with Crippen molar-refractivity contribution in [2.24, 2.45) is 5.92 Å². The topological polar surface area (TPSA) is 102 Å². The molecule has 0 aromatic heterocycles. The molecule has 1 saturated heterocycles. The first-order valence-corrected chi connectivity index (χ1v) is 7.11. The molecule has 0 saturated carbocycles. The van der Waals surface area contributed by atoms with E-state index in [1.807, 2.05) is 0 Å². The van der Waals surface area contributed by atoms with Gasteiger partial charge in [0.05, 0.1) is 7.11 Å². The molecule has 0 bridgehead atoms. The van der Waals surface area contributed by atoms with Crippen molar-refractivity contribution in [3.8, 4) is 0 Å². The zero-order valence-corrected chi connectivity index (χ0v) is 13.6. The third-order valence-electron chi connectivity index (χ3n) is 2.91. The molecule has 1 aliphatic rings. The second-order valence-corrected chi connectivity index (χ2v) is 6.00. The van der Waals surface area contributed by atoms with Gasteiger partial charge in [0.2, 0.25) is 5.91 Å². The second-order valence-electron chi connectivity index (χ2n) is 5.73. The van der Waals surface area contributed by atoms with Crippen LogP contribution in [0, 0.1) is 5.92 Å². The molecule has 124 valence electrons. The predicted molar refractivity (Wildman–Crippen MR) is 76.1 cm³/mol. The van der Waals surface area contributed by atoms with E-state index >= 15 is 0 Å². The second kappa shape index (κ2) is 6.95. The van der Waals surface area contributed by atoms with Crippen LogP contribution in [0.5, 0.6) is 0 Å². The van der Waals surface area contributed by atoms with Gasteiger partial charge in [-0.3, -0.25) is 19.3 Å². The molecule has 1 heterocycles. The van der Waals surface area contributed by atoms with Gasteiger partial charge in [0.25, 0.3) is 5.91 Å². The summed E-state index contributed by atoms with van der Waals surface area (Å²) in [6.45, 7) is 4.77. The third-order valence-corrected chi connectivity index (χ3v) is 3.13. The molecule has 0 spiro atoms. The lowest BCUT2D eigenvalue weighted by molar-refractivity contribution is -0.146. The SMILES string of the molecule is COC(=O)[C@H]1CN(C(=O)CCl)C(=O)[C@@H]1NC(=O)OC(C)(C)C. The molecule has 1 fully saturated rings. The quantitative estimate of drug-likeness (QED) is 0.587. The van der Waals surface area contributed by atoms with Crippen LogP contribution < -0.4 is 5.32 Å². The zero-order valence-electron chi connectivity index (χ0n) is 12.8. The van der Waals surface area contributed by atoms with Gasteiger partial charge in [0, 0.05) is 6.54 Å². The van der Waals surface area contributed by atoms with E-state index in [0.717, 1.165) is 12.0 Å². The summed E-state index contributed by atoms with van der Waals surface area (Å²) < 4.78 is 9.65. The van der Waals surface area contributed by atoms with E-state index in [1.54, 1.807) is 20.8 Å². The molecule has 0 aromatic rings. The number of carbonyl (C=O) groups is 4. The molecule has 1 rings (SSSR count). The van der Waals surface area contributed by atoms with Gasteiger partial charge in [-0.05, 0) is 20.8 Å². The minimum absolute atomic E-state index is 0.197. The minimum Gasteiger partial charge on any atom is -0.469 e. The van der Waals surface area contributed by atoms with Crippen molar-refractivity contribution < 1.29 is 28.7 Å². The van der Waals surface area contributed by atoms with Crippen LogP contribution in [-0.2, 0) is 23.9 Å². The Morgan fingerprint density at radius 1 is 1.36 bits per heavy atom. The van der Waals surface area contributed by atoms with Crippen LogP contribution in [0.15, 0.2) is 0 Å². The molecule has 9 heteroatoms. The van der Waals surface area contributed by atoms with Crippen LogP contribution in [0.25, 0.3) is 0 Å². The summed E-state index contributed by atoms with van der Waals surface area (Å²) in [6, 6.07) is -1.23. The molecule has 1 N–H and O–H groups in total. The molecular weight excluding hydrogens is 316 g/mol. The Morgan fingerprint density at radius 2 is 1.95 bits per heavy atom. The number of halogens is 1. The standard InChI is InChI=1S/C13H19ClN2O6/c1-13(2,3)22-12(20)15-9-7(11(19)21-4)6-16(10(9)18)8(17)5-14/h7,9H,5-6H2,1-4H3,(H,15,20)/t7-,9+/m0/s1. The number of hydrogen-bond acceptors (Lipinski definition) is 6. The fraction of sp³-hybridized carbons (Fsp3) is 0.692. The first-order valence-electron chi connectivity index (χ1n) is 6.58. The van der Waals surface area contributed by atoms with Gasteiger partial charge in [-0.1, -0.05) is 0 Å². The molecule has 2 atom stereocenters. The van der Waals surface area contributed by atoms with Crippen molar-refractivity contribution in [1.82, 2.24) is 10.2 Å². The van der Waals surface area contributed by atoms with Gasteiger partial charge < -0.3 is 14.8 Å². The fourth-order valence-corrected chi connectivity index (χ4v) is 2.13. The normalized spacial score (nSPS) is 21.5. The number of rotatable bonds is 3. The number of hydrogen-bond donors (Lipinski definition) is 1. The maximum Gasteiger partial charge on any atom is 0.408 e. The van der Waals surface area contributed by atoms with Crippen LogP contribution >= 0.6 is 11.6 Å². The lowest BCUT2D eigenvalue weighted by atomic mass is 10.0. The van der Waals surface area contributed by atoms with Crippen molar-refractivity contribution >= 4 is 35.5 Å². The average molecular weight is 335 g/mol. The Balaban J connectivity index is 2.91. The summed E-state index contributed by atoms with van der Waals surface area (Å²) in [5.41, 5.74) is -0.766. The van der Waals surface area contributed by atoms with E-state index in [1.165, 1.54) is 0 Å². The number of nitrogens with one attached hydrogen (secondary N) is 1. The Hall–Kier alpha value is -1.83. The number of alkyl carbamates (subject to hydrolysis) is 1. The summed E-state index contributed by atoms with van der Waals surface area (Å²) in [6.07, 6.45) is -0.861. The van der Waals surface area contributed by atoms with Crippen LogP contribution in [-0.4, -0.2) is 60.0 Å². The van der Waals surface area contributed by atoms with Crippen LogP contribution in [0.1, 0.15) is 20.8 Å². The van der Waals surface area contributed by atoms with E-state index in [2.05, 4.69) is 10.1 Å². The van der Waals surface area contributed by atoms with Gasteiger partial charge in [-0.25, -0.2) is 4.79 Å². The first kappa shape index (κ1) is 18.2. The lowest BCUT2D eigenvalue weighted by Crippen LogP contribution is -2.48. The molecule has 8 nitrogen and oxygen atoms in total. The smallest absolute Gasteiger partial charge is 0.408 e. The van der Waals surface area contributed by atoms with E-state index in [0.29, 0.717) is 0 Å². The summed E-state index contributed by atoms with van der Waals surface area (Å²) in [5, 5.41) is 2.31.